The number of ether oxygens (including phenoxy) is 2. The van der Waals surface area contributed by atoms with Gasteiger partial charge in [-0.1, -0.05) is 6.07 Å². The molecule has 0 atom stereocenters. The molecule has 36 heavy (non-hydrogen) atoms. The van der Waals surface area contributed by atoms with Crippen LogP contribution in [0.4, 0.5) is 14.9 Å². The Kier molecular flexibility index (Phi) is 6.13. The Morgan fingerprint density at radius 3 is 2.58 bits per heavy atom. The van der Waals surface area contributed by atoms with Crippen molar-refractivity contribution in [2.45, 2.75) is 50.0 Å². The predicted octanol–water partition coefficient (Wildman–Crippen LogP) is 3.33. The van der Waals surface area contributed by atoms with E-state index in [0.717, 1.165) is 33.8 Å². The van der Waals surface area contributed by atoms with Crippen LogP contribution in [0.5, 0.6) is 0 Å². The average molecular weight is 495 g/mol. The first-order chi connectivity index (χ1) is 17.5. The summed E-state index contributed by atoms with van der Waals surface area (Å²) < 4.78 is 23.8. The Hall–Kier alpha value is -3.04. The van der Waals surface area contributed by atoms with E-state index in [9.17, 15) is 14.3 Å². The molecule has 1 N–H and O–H groups in total. The number of aliphatic hydroxyl groups is 1. The smallest absolute Gasteiger partial charge is 0.410 e. The van der Waals surface area contributed by atoms with Crippen molar-refractivity contribution in [3.63, 3.8) is 0 Å². The molecule has 2 aromatic heterocycles. The molecule has 8 nitrogen and oxygen atoms in total. The van der Waals surface area contributed by atoms with Crippen LogP contribution in [0.2, 0.25) is 0 Å². The second-order valence-electron chi connectivity index (χ2n) is 10.2. The third-order valence-electron chi connectivity index (χ3n) is 7.86. The van der Waals surface area contributed by atoms with Crippen LogP contribution >= 0.6 is 0 Å². The van der Waals surface area contributed by atoms with Gasteiger partial charge >= 0.3 is 6.09 Å². The summed E-state index contributed by atoms with van der Waals surface area (Å²) in [4.78, 5) is 25.7. The molecular weight excluding hydrogens is 463 g/mol. The molecule has 0 radical (unpaired) electrons. The van der Waals surface area contributed by atoms with Gasteiger partial charge in [-0.2, -0.15) is 0 Å². The molecule has 0 spiro atoms. The van der Waals surface area contributed by atoms with Gasteiger partial charge in [-0.15, -0.1) is 0 Å². The minimum atomic E-state index is -0.867. The summed E-state index contributed by atoms with van der Waals surface area (Å²) >= 11 is 0. The summed E-state index contributed by atoms with van der Waals surface area (Å²) in [6, 6.07) is 5.98. The van der Waals surface area contributed by atoms with Crippen LogP contribution in [-0.2, 0) is 21.5 Å². The zero-order valence-electron chi connectivity index (χ0n) is 20.2. The predicted molar refractivity (Wildman–Crippen MR) is 132 cm³/mol. The van der Waals surface area contributed by atoms with E-state index in [1.54, 1.807) is 11.1 Å². The average Bonchev–Trinajstić information content (AvgIpc) is 3.33. The van der Waals surface area contributed by atoms with Gasteiger partial charge in [0.2, 0.25) is 0 Å². The fourth-order valence-electron chi connectivity index (χ4n) is 5.45. The Morgan fingerprint density at radius 2 is 1.89 bits per heavy atom. The highest BCUT2D eigenvalue weighted by atomic mass is 19.1. The van der Waals surface area contributed by atoms with Crippen LogP contribution in [-0.4, -0.2) is 77.7 Å². The lowest BCUT2D eigenvalue weighted by Gasteiger charge is -2.38. The van der Waals surface area contributed by atoms with E-state index >= 15 is 0 Å². The fraction of sp³-hybridized carbons (Fsp3) is 0.519. The van der Waals surface area contributed by atoms with Gasteiger partial charge in [-0.05, 0) is 23.8 Å². The van der Waals surface area contributed by atoms with Gasteiger partial charge in [0.15, 0.2) is 0 Å². The highest BCUT2D eigenvalue weighted by Gasteiger charge is 2.35. The Balaban J connectivity index is 1.13. The Bertz CT molecular complexity index is 1150. The number of pyridine rings is 2. The van der Waals surface area contributed by atoms with E-state index in [0.29, 0.717) is 71.5 Å². The number of carbonyl (C=O) groups excluding carboxylic acids is 1. The molecule has 6 rings (SSSR count). The van der Waals surface area contributed by atoms with Gasteiger partial charge in [0.05, 0.1) is 17.0 Å². The maximum Gasteiger partial charge on any atom is 0.410 e. The van der Waals surface area contributed by atoms with Crippen LogP contribution in [0.3, 0.4) is 0 Å². The van der Waals surface area contributed by atoms with E-state index in [2.05, 4.69) is 20.9 Å². The lowest BCUT2D eigenvalue weighted by atomic mass is 9.87. The molecular formula is C27H31FN4O4. The highest BCUT2D eigenvalue weighted by molar-refractivity contribution is 5.91. The number of halogens is 1. The normalized spacial score (nSPS) is 25.1. The summed E-state index contributed by atoms with van der Waals surface area (Å²) in [6.45, 7) is 3.64. The molecule has 1 amide bonds. The van der Waals surface area contributed by atoms with Crippen molar-refractivity contribution in [2.75, 3.05) is 44.3 Å². The molecule has 2 saturated heterocycles. The molecule has 2 aromatic rings. The molecule has 2 aliphatic heterocycles. The number of amides is 1. The van der Waals surface area contributed by atoms with Crippen molar-refractivity contribution in [3.8, 4) is 0 Å². The summed E-state index contributed by atoms with van der Waals surface area (Å²) in [5.74, 6) is 0. The molecule has 0 aromatic carbocycles. The van der Waals surface area contributed by atoms with Gasteiger partial charge in [0, 0.05) is 101 Å². The lowest BCUT2D eigenvalue weighted by molar-refractivity contribution is -0.0681. The van der Waals surface area contributed by atoms with E-state index in [-0.39, 0.29) is 12.2 Å². The standard InChI is InChI=1S/C27H31FN4O4/c28-20-15-21(16-20)36-26(33)32-9-7-31(8-10-32)25-3-6-29-24-14-18(13-22(24)25)23-2-1-19(17-30-23)27(34)4-11-35-12-5-27/h1-3,6,13,17,20-21,34H,4-5,7-12,14-16H2. The van der Waals surface area contributed by atoms with E-state index < -0.39 is 11.8 Å². The second-order valence-corrected chi connectivity index (χ2v) is 10.2. The van der Waals surface area contributed by atoms with Crippen molar-refractivity contribution in [1.29, 1.82) is 0 Å². The van der Waals surface area contributed by atoms with Gasteiger partial charge in [-0.25, -0.2) is 9.18 Å². The minimum absolute atomic E-state index is 0.278. The number of hydrogen-bond acceptors (Lipinski definition) is 7. The van der Waals surface area contributed by atoms with Gasteiger partial charge in [-0.3, -0.25) is 9.97 Å². The molecule has 190 valence electrons. The summed E-state index contributed by atoms with van der Waals surface area (Å²) in [5.41, 5.74) is 5.18. The molecule has 0 unspecified atom stereocenters. The van der Waals surface area contributed by atoms with Crippen LogP contribution < -0.4 is 4.90 Å². The lowest BCUT2D eigenvalue weighted by Crippen LogP contribution is -2.50. The third kappa shape index (κ3) is 4.46. The number of nitrogens with zero attached hydrogens (tertiary/aromatic N) is 4. The third-order valence-corrected chi connectivity index (χ3v) is 7.86. The van der Waals surface area contributed by atoms with Crippen molar-refractivity contribution in [1.82, 2.24) is 14.9 Å². The van der Waals surface area contributed by atoms with Gasteiger partial charge in [0.25, 0.3) is 0 Å². The number of fused-ring (bicyclic) bond motifs is 1. The number of rotatable bonds is 4. The number of aromatic nitrogens is 2. The Morgan fingerprint density at radius 1 is 1.11 bits per heavy atom. The monoisotopic (exact) mass is 494 g/mol. The molecule has 3 fully saturated rings. The molecule has 2 aliphatic carbocycles. The van der Waals surface area contributed by atoms with Crippen LogP contribution in [0.25, 0.3) is 11.6 Å². The maximum absolute atomic E-state index is 13.0. The van der Waals surface area contributed by atoms with E-state index in [1.807, 2.05) is 24.4 Å². The van der Waals surface area contributed by atoms with Crippen molar-refractivity contribution in [2.24, 2.45) is 0 Å². The van der Waals surface area contributed by atoms with Crippen LogP contribution in [0.1, 0.15) is 48.2 Å². The Labute approximate surface area is 209 Å². The zero-order chi connectivity index (χ0) is 24.7. The highest BCUT2D eigenvalue weighted by Crippen LogP contribution is 2.37. The molecule has 0 bridgehead atoms. The quantitative estimate of drug-likeness (QED) is 0.698. The molecule has 1 saturated carbocycles. The van der Waals surface area contributed by atoms with Crippen LogP contribution in [0.15, 0.2) is 30.6 Å². The first-order valence-corrected chi connectivity index (χ1v) is 12.8. The van der Waals surface area contributed by atoms with Crippen molar-refractivity contribution < 1.29 is 23.8 Å². The van der Waals surface area contributed by atoms with Crippen molar-refractivity contribution >= 4 is 23.4 Å². The molecule has 4 heterocycles. The minimum Gasteiger partial charge on any atom is -0.446 e. The zero-order valence-corrected chi connectivity index (χ0v) is 20.2. The van der Waals surface area contributed by atoms with Gasteiger partial charge < -0.3 is 24.4 Å². The molecule has 9 heteroatoms. The number of anilines is 1. The second kappa shape index (κ2) is 9.44. The summed E-state index contributed by atoms with van der Waals surface area (Å²) in [7, 11) is 0. The maximum atomic E-state index is 13.0. The first kappa shape index (κ1) is 23.4. The summed E-state index contributed by atoms with van der Waals surface area (Å²) in [5, 5.41) is 10.9. The summed E-state index contributed by atoms with van der Waals surface area (Å²) in [6.07, 6.45) is 6.84. The number of alkyl halides is 1. The van der Waals surface area contributed by atoms with Crippen LogP contribution in [0, 0.1) is 0 Å². The largest absolute Gasteiger partial charge is 0.446 e. The topological polar surface area (TPSA) is 88.0 Å². The SMILES string of the molecule is O=C(OC1CC(F)C1)N1CCN(c2ccnc3c2C=C(c2ccc(C4(O)CCOCC4)cn2)C3)CC1. The number of piperazine rings is 1. The number of allylic oxidation sites excluding steroid dienone is 1. The number of carbonyl (C=O) groups is 1. The fourth-order valence-corrected chi connectivity index (χ4v) is 5.45. The van der Waals surface area contributed by atoms with E-state index in [4.69, 9.17) is 9.47 Å². The molecule has 4 aliphatic rings. The van der Waals surface area contributed by atoms with Gasteiger partial charge in [0.1, 0.15) is 12.3 Å². The first-order valence-electron chi connectivity index (χ1n) is 12.8. The number of hydrogen-bond donors (Lipinski definition) is 1. The van der Waals surface area contributed by atoms with Crippen molar-refractivity contribution in [3.05, 3.63) is 53.1 Å². The van der Waals surface area contributed by atoms with E-state index in [1.165, 1.54) is 0 Å².